The maximum Gasteiger partial charge on any atom is 0.312 e. The molecule has 10 heteroatoms. The summed E-state index contributed by atoms with van der Waals surface area (Å²) in [6.45, 7) is 0. The first kappa shape index (κ1) is 18.4. The molecular weight excluding hydrogens is 446 g/mol. The van der Waals surface area contributed by atoms with Gasteiger partial charge in [0.15, 0.2) is 5.17 Å². The van der Waals surface area contributed by atoms with Gasteiger partial charge in [-0.1, -0.05) is 23.7 Å². The molecule has 1 heterocycles. The number of nitro groups is 1. The number of rotatable bonds is 3. The molecule has 0 spiro atoms. The van der Waals surface area contributed by atoms with E-state index in [0.29, 0.717) is 26.3 Å². The molecule has 0 aliphatic carbocycles. The predicted octanol–water partition coefficient (Wildman–Crippen LogP) is 4.61. The highest BCUT2D eigenvalue weighted by Gasteiger charge is 2.25. The van der Waals surface area contributed by atoms with Crippen LogP contribution in [0.2, 0.25) is 5.02 Å². The Morgan fingerprint density at radius 1 is 1.35 bits per heavy atom. The van der Waals surface area contributed by atoms with Gasteiger partial charge >= 0.3 is 5.69 Å². The number of amides is 1. The third-order valence-electron chi connectivity index (χ3n) is 3.29. The molecule has 7 nitrogen and oxygen atoms in total. The van der Waals surface area contributed by atoms with E-state index in [1.807, 2.05) is 0 Å². The van der Waals surface area contributed by atoms with Crippen LogP contribution in [0.4, 0.5) is 11.4 Å². The molecule has 1 aliphatic rings. The van der Waals surface area contributed by atoms with Crippen LogP contribution in [0.5, 0.6) is 5.75 Å². The summed E-state index contributed by atoms with van der Waals surface area (Å²) in [5, 5.41) is 24.1. The van der Waals surface area contributed by atoms with Crippen LogP contribution in [-0.4, -0.2) is 21.1 Å². The highest BCUT2D eigenvalue weighted by Crippen LogP contribution is 2.37. The van der Waals surface area contributed by atoms with Gasteiger partial charge in [-0.25, -0.2) is 4.99 Å². The maximum absolute atomic E-state index is 12.1. The van der Waals surface area contributed by atoms with Crippen LogP contribution in [-0.2, 0) is 4.79 Å². The van der Waals surface area contributed by atoms with Crippen molar-refractivity contribution < 1.29 is 14.8 Å². The van der Waals surface area contributed by atoms with E-state index in [4.69, 9.17) is 11.6 Å². The van der Waals surface area contributed by atoms with Crippen molar-refractivity contribution in [2.24, 2.45) is 4.99 Å². The Labute approximate surface area is 165 Å². The average molecular weight is 455 g/mol. The van der Waals surface area contributed by atoms with Crippen molar-refractivity contribution in [2.75, 3.05) is 0 Å². The van der Waals surface area contributed by atoms with Crippen molar-refractivity contribution >= 4 is 67.8 Å². The molecule has 1 aliphatic heterocycles. The number of nitrogens with zero attached hydrogens (tertiary/aromatic N) is 2. The number of aromatic hydroxyl groups is 1. The number of benzene rings is 2. The van der Waals surface area contributed by atoms with Gasteiger partial charge in [0, 0.05) is 6.07 Å². The lowest BCUT2D eigenvalue weighted by Gasteiger charge is -2.01. The number of thioether (sulfide) groups is 1. The molecule has 2 aromatic carbocycles. The molecule has 2 aromatic rings. The van der Waals surface area contributed by atoms with Gasteiger partial charge in [0.1, 0.15) is 0 Å². The Morgan fingerprint density at radius 3 is 2.77 bits per heavy atom. The number of hydrogen-bond donors (Lipinski definition) is 2. The van der Waals surface area contributed by atoms with E-state index in [-0.39, 0.29) is 10.4 Å². The normalized spacial score (nSPS) is 16.9. The van der Waals surface area contributed by atoms with Crippen molar-refractivity contribution in [1.29, 1.82) is 0 Å². The number of aliphatic imine (C=N–C) groups is 1. The molecule has 0 atom stereocenters. The minimum absolute atomic E-state index is 0.159. The molecule has 0 radical (unpaired) electrons. The van der Waals surface area contributed by atoms with Crippen LogP contribution in [0.15, 0.2) is 50.8 Å². The van der Waals surface area contributed by atoms with Crippen molar-refractivity contribution in [3.63, 3.8) is 0 Å². The molecule has 0 saturated carbocycles. The molecule has 1 fully saturated rings. The fourth-order valence-corrected chi connectivity index (χ4v) is 3.59. The third kappa shape index (κ3) is 3.90. The summed E-state index contributed by atoms with van der Waals surface area (Å²) in [4.78, 5) is 27.0. The summed E-state index contributed by atoms with van der Waals surface area (Å²) >= 11 is 10.2. The summed E-state index contributed by atoms with van der Waals surface area (Å²) in [5.74, 6) is -0.852. The lowest BCUT2D eigenvalue weighted by molar-refractivity contribution is -0.386. The topological polar surface area (TPSA) is 105 Å². The zero-order valence-corrected chi connectivity index (χ0v) is 15.9. The molecule has 0 unspecified atom stereocenters. The molecule has 1 saturated heterocycles. The van der Waals surface area contributed by atoms with Gasteiger partial charge in [0.2, 0.25) is 5.75 Å². The van der Waals surface area contributed by atoms with Crippen LogP contribution in [0.3, 0.4) is 0 Å². The first-order valence-corrected chi connectivity index (χ1v) is 9.05. The Morgan fingerprint density at radius 2 is 2.08 bits per heavy atom. The monoisotopic (exact) mass is 453 g/mol. The fourth-order valence-electron chi connectivity index (χ4n) is 2.11. The lowest BCUT2D eigenvalue weighted by atomic mass is 10.1. The summed E-state index contributed by atoms with van der Waals surface area (Å²) < 4.78 is 0.159. The predicted molar refractivity (Wildman–Crippen MR) is 105 cm³/mol. The van der Waals surface area contributed by atoms with Crippen LogP contribution < -0.4 is 5.32 Å². The molecule has 1 amide bonds. The molecular formula is C16H9BrClN3O4S. The first-order chi connectivity index (χ1) is 12.3. The van der Waals surface area contributed by atoms with Gasteiger partial charge < -0.3 is 10.4 Å². The Bertz CT molecular complexity index is 993. The summed E-state index contributed by atoms with van der Waals surface area (Å²) in [5.41, 5.74) is 0.443. The summed E-state index contributed by atoms with van der Waals surface area (Å²) in [7, 11) is 0. The van der Waals surface area contributed by atoms with E-state index < -0.39 is 16.4 Å². The van der Waals surface area contributed by atoms with Crippen molar-refractivity contribution in [3.8, 4) is 5.75 Å². The minimum atomic E-state index is -0.700. The van der Waals surface area contributed by atoms with E-state index in [1.165, 1.54) is 18.2 Å². The van der Waals surface area contributed by atoms with Crippen molar-refractivity contribution in [1.82, 2.24) is 5.32 Å². The number of phenolic OH excluding ortho intramolecular Hbond substituents is 1. The minimum Gasteiger partial charge on any atom is -0.501 e. The van der Waals surface area contributed by atoms with Crippen LogP contribution in [0.1, 0.15) is 5.56 Å². The van der Waals surface area contributed by atoms with E-state index in [2.05, 4.69) is 26.2 Å². The number of phenols is 1. The Hall–Kier alpha value is -2.36. The molecule has 26 heavy (non-hydrogen) atoms. The van der Waals surface area contributed by atoms with Crippen LogP contribution in [0, 0.1) is 10.1 Å². The van der Waals surface area contributed by atoms with Crippen LogP contribution in [0.25, 0.3) is 6.08 Å². The highest BCUT2D eigenvalue weighted by atomic mass is 79.9. The molecule has 2 N–H and O–H groups in total. The molecule has 0 aromatic heterocycles. The van der Waals surface area contributed by atoms with Crippen molar-refractivity contribution in [3.05, 3.63) is 66.5 Å². The Kier molecular flexibility index (Phi) is 5.30. The van der Waals surface area contributed by atoms with Gasteiger partial charge in [-0.15, -0.1) is 0 Å². The number of nitrogens with one attached hydrogen (secondary N) is 1. The van der Waals surface area contributed by atoms with Gasteiger partial charge in [0.05, 0.1) is 25.0 Å². The van der Waals surface area contributed by atoms with E-state index in [9.17, 15) is 20.0 Å². The zero-order chi connectivity index (χ0) is 18.8. The lowest BCUT2D eigenvalue weighted by Crippen LogP contribution is -2.19. The molecule has 132 valence electrons. The third-order valence-corrected chi connectivity index (χ3v) is 5.12. The zero-order valence-electron chi connectivity index (χ0n) is 12.8. The van der Waals surface area contributed by atoms with E-state index in [1.54, 1.807) is 24.3 Å². The summed E-state index contributed by atoms with van der Waals surface area (Å²) in [6.07, 6.45) is 1.48. The number of amidine groups is 1. The maximum atomic E-state index is 12.1. The fraction of sp³-hybridized carbons (Fsp3) is 0. The smallest absolute Gasteiger partial charge is 0.312 e. The van der Waals surface area contributed by atoms with Gasteiger partial charge in [-0.05, 0) is 57.5 Å². The quantitative estimate of drug-likeness (QED) is 0.400. The number of carbonyl (C=O) groups is 1. The van der Waals surface area contributed by atoms with Crippen LogP contribution >= 0.6 is 39.3 Å². The number of carbonyl (C=O) groups excluding carboxylic acids is 1. The van der Waals surface area contributed by atoms with Gasteiger partial charge in [-0.3, -0.25) is 14.9 Å². The second kappa shape index (κ2) is 7.48. The number of halogens is 2. The standard InChI is InChI=1S/C16H9BrClN3O4S/c17-9-5-8(6-12(14(9)22)21(24)25)7-13-15(23)20-16(26-13)19-11-4-2-1-3-10(11)18/h1-7,22H,(H,19,20,23). The van der Waals surface area contributed by atoms with E-state index in [0.717, 1.165) is 11.8 Å². The number of hydrogen-bond acceptors (Lipinski definition) is 6. The summed E-state index contributed by atoms with van der Waals surface area (Å²) in [6, 6.07) is 9.61. The van der Waals surface area contributed by atoms with Gasteiger partial charge in [0.25, 0.3) is 5.91 Å². The number of para-hydroxylation sites is 1. The van der Waals surface area contributed by atoms with Gasteiger partial charge in [-0.2, -0.15) is 0 Å². The van der Waals surface area contributed by atoms with E-state index >= 15 is 0 Å². The second-order valence-electron chi connectivity index (χ2n) is 5.06. The average Bonchev–Trinajstić information content (AvgIpc) is 2.92. The highest BCUT2D eigenvalue weighted by molar-refractivity contribution is 9.10. The molecule has 3 rings (SSSR count). The Balaban J connectivity index is 1.92. The first-order valence-electron chi connectivity index (χ1n) is 7.06. The van der Waals surface area contributed by atoms with Crippen molar-refractivity contribution in [2.45, 2.75) is 0 Å². The number of nitro benzene ring substituents is 1. The largest absolute Gasteiger partial charge is 0.501 e. The SMILES string of the molecule is O=C1NC(=Nc2ccccc2Cl)SC1=Cc1cc(Br)c(O)c([N+](=O)[O-])c1. The molecule has 0 bridgehead atoms. The second-order valence-corrected chi connectivity index (χ2v) is 7.35.